The summed E-state index contributed by atoms with van der Waals surface area (Å²) in [5.74, 6) is 0.864. The van der Waals surface area contributed by atoms with Gasteiger partial charge in [-0.3, -0.25) is 0 Å². The smallest absolute Gasteiger partial charge is 0.119 e. The number of anilines is 1. The predicted molar refractivity (Wildman–Crippen MR) is 90.4 cm³/mol. The van der Waals surface area contributed by atoms with E-state index in [4.69, 9.17) is 4.74 Å². The van der Waals surface area contributed by atoms with Crippen LogP contribution in [0.5, 0.6) is 5.75 Å². The van der Waals surface area contributed by atoms with E-state index >= 15 is 0 Å². The molecule has 0 aromatic heterocycles. The van der Waals surface area contributed by atoms with E-state index in [1.54, 1.807) is 7.11 Å². The predicted octanol–water partition coefficient (Wildman–Crippen LogP) is 4.90. The largest absolute Gasteiger partial charge is 0.497 e. The number of benzene rings is 3. The highest BCUT2D eigenvalue weighted by molar-refractivity contribution is 5.88. The molecule has 1 N–H and O–H groups in total. The molecule has 0 heterocycles. The van der Waals surface area contributed by atoms with E-state index in [2.05, 4.69) is 29.6 Å². The standard InChI is InChI=1S/C19H18FNO/c1-22-19-9-6-16-12-15(2-3-17(16)13-19)14-4-7-18(8-5-14)21-11-10-20/h2-9,12-13,21H,10-11H2,1H3. The maximum absolute atomic E-state index is 12.2. The molecule has 0 spiro atoms. The lowest BCUT2D eigenvalue weighted by molar-refractivity contribution is 0.415. The van der Waals surface area contributed by atoms with Crippen LogP contribution in [0.2, 0.25) is 0 Å². The van der Waals surface area contributed by atoms with Crippen molar-refractivity contribution in [3.63, 3.8) is 0 Å². The van der Waals surface area contributed by atoms with Crippen molar-refractivity contribution < 1.29 is 9.13 Å². The summed E-state index contributed by atoms with van der Waals surface area (Å²) >= 11 is 0. The summed E-state index contributed by atoms with van der Waals surface area (Å²) in [5, 5.41) is 5.36. The zero-order valence-corrected chi connectivity index (χ0v) is 12.5. The molecule has 0 saturated heterocycles. The van der Waals surface area contributed by atoms with E-state index in [9.17, 15) is 4.39 Å². The maximum atomic E-state index is 12.2. The van der Waals surface area contributed by atoms with Crippen LogP contribution >= 0.6 is 0 Å². The van der Waals surface area contributed by atoms with E-state index in [1.165, 1.54) is 5.39 Å². The monoisotopic (exact) mass is 295 g/mol. The highest BCUT2D eigenvalue weighted by Gasteiger charge is 2.02. The Morgan fingerprint density at radius 1 is 0.864 bits per heavy atom. The van der Waals surface area contributed by atoms with Crippen molar-refractivity contribution >= 4 is 16.5 Å². The SMILES string of the molecule is COc1ccc2cc(-c3ccc(NCCF)cc3)ccc2c1. The van der Waals surface area contributed by atoms with Crippen molar-refractivity contribution in [3.05, 3.63) is 60.7 Å². The van der Waals surface area contributed by atoms with Crippen LogP contribution in [0.1, 0.15) is 0 Å². The number of nitrogens with one attached hydrogen (secondary N) is 1. The average Bonchev–Trinajstić information content (AvgIpc) is 2.59. The molecule has 0 bridgehead atoms. The minimum atomic E-state index is -0.365. The Labute approximate surface area is 129 Å². The summed E-state index contributed by atoms with van der Waals surface area (Å²) in [7, 11) is 1.67. The third kappa shape index (κ3) is 3.03. The van der Waals surface area contributed by atoms with Crippen LogP contribution in [0.15, 0.2) is 60.7 Å². The molecule has 3 heteroatoms. The fourth-order valence-corrected chi connectivity index (χ4v) is 2.50. The molecular formula is C19H18FNO. The van der Waals surface area contributed by atoms with Gasteiger partial charge in [0.1, 0.15) is 12.4 Å². The first-order chi connectivity index (χ1) is 10.8. The molecule has 3 rings (SSSR count). The fraction of sp³-hybridized carbons (Fsp3) is 0.158. The van der Waals surface area contributed by atoms with Gasteiger partial charge in [0.05, 0.1) is 7.11 Å². The molecule has 0 radical (unpaired) electrons. The molecule has 112 valence electrons. The van der Waals surface area contributed by atoms with E-state index in [0.29, 0.717) is 6.54 Å². The molecule has 0 atom stereocenters. The highest BCUT2D eigenvalue weighted by atomic mass is 19.1. The minimum absolute atomic E-state index is 0.344. The summed E-state index contributed by atoms with van der Waals surface area (Å²) < 4.78 is 17.4. The van der Waals surface area contributed by atoms with Crippen molar-refractivity contribution in [2.24, 2.45) is 0 Å². The summed E-state index contributed by atoms with van der Waals surface area (Å²) in [6, 6.07) is 20.5. The van der Waals surface area contributed by atoms with E-state index in [1.807, 2.05) is 36.4 Å². The van der Waals surface area contributed by atoms with Gasteiger partial charge in [-0.2, -0.15) is 0 Å². The molecule has 0 unspecified atom stereocenters. The van der Waals surface area contributed by atoms with Gasteiger partial charge < -0.3 is 10.1 Å². The molecule has 22 heavy (non-hydrogen) atoms. The number of hydrogen-bond acceptors (Lipinski definition) is 2. The Hall–Kier alpha value is -2.55. The third-order valence-corrected chi connectivity index (χ3v) is 3.69. The number of fused-ring (bicyclic) bond motifs is 1. The van der Waals surface area contributed by atoms with Gasteiger partial charge in [0.25, 0.3) is 0 Å². The van der Waals surface area contributed by atoms with Crippen LogP contribution in [0, 0.1) is 0 Å². The Morgan fingerprint density at radius 3 is 2.27 bits per heavy atom. The second-order valence-corrected chi connectivity index (χ2v) is 5.12. The van der Waals surface area contributed by atoms with Gasteiger partial charge in [-0.15, -0.1) is 0 Å². The minimum Gasteiger partial charge on any atom is -0.497 e. The molecule has 0 aliphatic carbocycles. The average molecular weight is 295 g/mol. The Kier molecular flexibility index (Phi) is 4.24. The van der Waals surface area contributed by atoms with E-state index in [-0.39, 0.29) is 6.67 Å². The van der Waals surface area contributed by atoms with Gasteiger partial charge in [0.2, 0.25) is 0 Å². The topological polar surface area (TPSA) is 21.3 Å². The first-order valence-electron chi connectivity index (χ1n) is 7.28. The molecule has 0 saturated carbocycles. The summed E-state index contributed by atoms with van der Waals surface area (Å²) in [5.41, 5.74) is 3.24. The number of rotatable bonds is 5. The summed E-state index contributed by atoms with van der Waals surface area (Å²) in [6.07, 6.45) is 0. The zero-order valence-electron chi connectivity index (χ0n) is 12.5. The molecule has 3 aromatic carbocycles. The van der Waals surface area contributed by atoms with Crippen molar-refractivity contribution in [3.8, 4) is 16.9 Å². The molecule has 0 amide bonds. The Balaban J connectivity index is 1.89. The number of methoxy groups -OCH3 is 1. The van der Waals surface area contributed by atoms with Gasteiger partial charge in [0, 0.05) is 12.2 Å². The molecule has 2 nitrogen and oxygen atoms in total. The molecule has 0 aliphatic rings. The molecule has 0 aliphatic heterocycles. The van der Waals surface area contributed by atoms with Crippen LogP contribution in [-0.2, 0) is 0 Å². The first-order valence-corrected chi connectivity index (χ1v) is 7.28. The highest BCUT2D eigenvalue weighted by Crippen LogP contribution is 2.27. The third-order valence-electron chi connectivity index (χ3n) is 3.69. The van der Waals surface area contributed by atoms with Crippen LogP contribution < -0.4 is 10.1 Å². The number of ether oxygens (including phenoxy) is 1. The van der Waals surface area contributed by atoms with E-state index < -0.39 is 0 Å². The van der Waals surface area contributed by atoms with Crippen molar-refractivity contribution in [1.29, 1.82) is 0 Å². The second-order valence-electron chi connectivity index (χ2n) is 5.12. The summed E-state index contributed by atoms with van der Waals surface area (Å²) in [4.78, 5) is 0. The Morgan fingerprint density at radius 2 is 1.55 bits per heavy atom. The van der Waals surface area contributed by atoms with Crippen LogP contribution in [-0.4, -0.2) is 20.3 Å². The number of hydrogen-bond donors (Lipinski definition) is 1. The lowest BCUT2D eigenvalue weighted by Gasteiger charge is -2.08. The lowest BCUT2D eigenvalue weighted by atomic mass is 10.0. The van der Waals surface area contributed by atoms with Gasteiger partial charge in [-0.05, 0) is 52.2 Å². The first kappa shape index (κ1) is 14.4. The van der Waals surface area contributed by atoms with Crippen LogP contribution in [0.3, 0.4) is 0 Å². The van der Waals surface area contributed by atoms with E-state index in [0.717, 1.165) is 28.0 Å². The van der Waals surface area contributed by atoms with Crippen molar-refractivity contribution in [2.45, 2.75) is 0 Å². The fourth-order valence-electron chi connectivity index (χ4n) is 2.50. The van der Waals surface area contributed by atoms with Crippen LogP contribution in [0.25, 0.3) is 21.9 Å². The number of alkyl halides is 1. The van der Waals surface area contributed by atoms with Gasteiger partial charge in [0.15, 0.2) is 0 Å². The maximum Gasteiger partial charge on any atom is 0.119 e. The van der Waals surface area contributed by atoms with Crippen molar-refractivity contribution in [2.75, 3.05) is 25.6 Å². The normalized spacial score (nSPS) is 10.6. The number of halogens is 1. The summed E-state index contributed by atoms with van der Waals surface area (Å²) in [6.45, 7) is -0.0208. The zero-order chi connectivity index (χ0) is 15.4. The molecular weight excluding hydrogens is 277 g/mol. The molecule has 3 aromatic rings. The van der Waals surface area contributed by atoms with Gasteiger partial charge >= 0.3 is 0 Å². The molecule has 0 fully saturated rings. The lowest BCUT2D eigenvalue weighted by Crippen LogP contribution is -2.02. The van der Waals surface area contributed by atoms with Crippen LogP contribution in [0.4, 0.5) is 10.1 Å². The van der Waals surface area contributed by atoms with Gasteiger partial charge in [-0.1, -0.05) is 30.3 Å². The quantitative estimate of drug-likeness (QED) is 0.723. The Bertz CT molecular complexity index is 768. The van der Waals surface area contributed by atoms with Crippen molar-refractivity contribution in [1.82, 2.24) is 0 Å². The second kappa shape index (κ2) is 6.48. The van der Waals surface area contributed by atoms with Gasteiger partial charge in [-0.25, -0.2) is 4.39 Å².